The number of amides is 1. The predicted molar refractivity (Wildman–Crippen MR) is 157 cm³/mol. The van der Waals surface area contributed by atoms with Crippen molar-refractivity contribution in [2.75, 3.05) is 44.8 Å². The molecule has 0 unspecified atom stereocenters. The van der Waals surface area contributed by atoms with Crippen LogP contribution in [0.3, 0.4) is 0 Å². The van der Waals surface area contributed by atoms with Gasteiger partial charge in [0.1, 0.15) is 5.82 Å². The van der Waals surface area contributed by atoms with Gasteiger partial charge >= 0.3 is 0 Å². The number of piperazine rings is 1. The molecular weight excluding hydrogens is 525 g/mol. The number of para-hydroxylation sites is 1. The van der Waals surface area contributed by atoms with Crippen LogP contribution in [0.15, 0.2) is 78.0 Å². The molecular formula is C31H34FN5O2S. The van der Waals surface area contributed by atoms with Crippen molar-refractivity contribution in [2.24, 2.45) is 0 Å². The maximum atomic E-state index is 14.3. The summed E-state index contributed by atoms with van der Waals surface area (Å²) >= 11 is 1.56. The van der Waals surface area contributed by atoms with Crippen LogP contribution in [0.25, 0.3) is 11.4 Å². The van der Waals surface area contributed by atoms with Gasteiger partial charge in [-0.3, -0.25) is 9.36 Å². The molecule has 0 spiro atoms. The monoisotopic (exact) mass is 559 g/mol. The van der Waals surface area contributed by atoms with Crippen LogP contribution < -0.4 is 4.90 Å². The number of carbonyl (C=O) groups is 1. The molecule has 1 fully saturated rings. The van der Waals surface area contributed by atoms with Gasteiger partial charge in [-0.2, -0.15) is 0 Å². The molecule has 40 heavy (non-hydrogen) atoms. The van der Waals surface area contributed by atoms with Gasteiger partial charge < -0.3 is 14.5 Å². The van der Waals surface area contributed by atoms with Crippen LogP contribution in [0, 0.1) is 12.7 Å². The Morgan fingerprint density at radius 1 is 0.975 bits per heavy atom. The van der Waals surface area contributed by atoms with E-state index in [4.69, 9.17) is 4.74 Å². The van der Waals surface area contributed by atoms with E-state index in [9.17, 15) is 9.18 Å². The number of ether oxygens (including phenoxy) is 1. The zero-order valence-corrected chi connectivity index (χ0v) is 23.9. The van der Waals surface area contributed by atoms with E-state index in [1.807, 2.05) is 40.1 Å². The van der Waals surface area contributed by atoms with Gasteiger partial charge in [-0.15, -0.1) is 10.2 Å². The molecule has 5 rings (SSSR count). The third-order valence-electron chi connectivity index (χ3n) is 7.19. The van der Waals surface area contributed by atoms with E-state index < -0.39 is 0 Å². The molecule has 1 aromatic heterocycles. The van der Waals surface area contributed by atoms with Gasteiger partial charge in [0.05, 0.1) is 18.3 Å². The van der Waals surface area contributed by atoms with Gasteiger partial charge in [-0.1, -0.05) is 71.9 Å². The molecule has 1 saturated heterocycles. The molecule has 0 N–H and O–H groups in total. The minimum atomic E-state index is -0.233. The number of rotatable bonds is 9. The predicted octanol–water partition coefficient (Wildman–Crippen LogP) is 5.85. The van der Waals surface area contributed by atoms with Crippen molar-refractivity contribution < 1.29 is 13.9 Å². The standard InChI is InChI=1S/C31H34FN5O2S/c1-22-12-14-24(15-13-22)29-33-34-31(37(29)23(2)20-39-3)40-21-25-8-4-5-9-26(25)30(38)36-18-16-35(17-19-36)28-11-7-6-10-27(28)32/h4-15,23H,16-21H2,1-3H3/t23-/m0/s1. The van der Waals surface area contributed by atoms with Crippen LogP contribution in [-0.4, -0.2) is 65.5 Å². The van der Waals surface area contributed by atoms with Crippen LogP contribution in [0.2, 0.25) is 0 Å². The first-order chi connectivity index (χ1) is 19.5. The number of hydrogen-bond donors (Lipinski definition) is 0. The smallest absolute Gasteiger partial charge is 0.254 e. The molecule has 0 aliphatic carbocycles. The fourth-order valence-electron chi connectivity index (χ4n) is 5.01. The van der Waals surface area contributed by atoms with Crippen molar-refractivity contribution in [1.29, 1.82) is 0 Å². The van der Waals surface area contributed by atoms with Gasteiger partial charge in [-0.05, 0) is 37.6 Å². The average Bonchev–Trinajstić information content (AvgIpc) is 3.41. The highest BCUT2D eigenvalue weighted by atomic mass is 32.2. The van der Waals surface area contributed by atoms with E-state index in [-0.39, 0.29) is 17.8 Å². The van der Waals surface area contributed by atoms with E-state index >= 15 is 0 Å². The largest absolute Gasteiger partial charge is 0.383 e. The van der Waals surface area contributed by atoms with E-state index in [0.717, 1.165) is 22.1 Å². The zero-order valence-electron chi connectivity index (χ0n) is 23.1. The summed E-state index contributed by atoms with van der Waals surface area (Å²) in [7, 11) is 1.69. The Balaban J connectivity index is 1.31. The average molecular weight is 560 g/mol. The van der Waals surface area contributed by atoms with Crippen LogP contribution in [0.4, 0.5) is 10.1 Å². The number of carbonyl (C=O) groups excluding carboxylic acids is 1. The Morgan fingerprint density at radius 2 is 1.68 bits per heavy atom. The van der Waals surface area contributed by atoms with Crippen molar-refractivity contribution in [3.05, 3.63) is 95.3 Å². The number of methoxy groups -OCH3 is 1. The Kier molecular flexibility index (Phi) is 8.81. The summed E-state index contributed by atoms with van der Waals surface area (Å²) in [6.07, 6.45) is 0. The topological polar surface area (TPSA) is 63.5 Å². The van der Waals surface area contributed by atoms with Gasteiger partial charge in [0.15, 0.2) is 11.0 Å². The lowest BCUT2D eigenvalue weighted by molar-refractivity contribution is 0.0746. The van der Waals surface area contributed by atoms with Crippen molar-refractivity contribution in [3.63, 3.8) is 0 Å². The maximum absolute atomic E-state index is 14.3. The Morgan fingerprint density at radius 3 is 2.40 bits per heavy atom. The van der Waals surface area contributed by atoms with Crippen LogP contribution in [0.5, 0.6) is 0 Å². The Bertz CT molecular complexity index is 1450. The summed E-state index contributed by atoms with van der Waals surface area (Å²) in [4.78, 5) is 17.5. The quantitative estimate of drug-likeness (QED) is 0.240. The molecule has 0 saturated carbocycles. The Labute approximate surface area is 239 Å². The summed E-state index contributed by atoms with van der Waals surface area (Å²) in [5.74, 6) is 1.13. The minimum absolute atomic E-state index is 0.000976. The molecule has 1 aliphatic heterocycles. The maximum Gasteiger partial charge on any atom is 0.254 e. The number of aromatic nitrogens is 3. The summed E-state index contributed by atoms with van der Waals surface area (Å²) in [5.41, 5.74) is 4.40. The van der Waals surface area contributed by atoms with Crippen molar-refractivity contribution in [3.8, 4) is 11.4 Å². The highest BCUT2D eigenvalue weighted by Gasteiger charge is 2.26. The fourth-order valence-corrected chi connectivity index (χ4v) is 6.05. The molecule has 0 bridgehead atoms. The van der Waals surface area contributed by atoms with Gasteiger partial charge in [0.25, 0.3) is 5.91 Å². The van der Waals surface area contributed by atoms with E-state index in [1.54, 1.807) is 31.0 Å². The highest BCUT2D eigenvalue weighted by Crippen LogP contribution is 2.31. The Hall–Kier alpha value is -3.69. The second kappa shape index (κ2) is 12.7. The first-order valence-corrected chi connectivity index (χ1v) is 14.4. The lowest BCUT2D eigenvalue weighted by Gasteiger charge is -2.36. The number of halogens is 1. The normalized spacial score (nSPS) is 14.4. The summed E-state index contributed by atoms with van der Waals surface area (Å²) in [6, 6.07) is 22.8. The SMILES string of the molecule is COC[C@H](C)n1c(SCc2ccccc2C(=O)N2CCN(c3ccccc3F)CC2)nnc1-c1ccc(C)cc1. The molecule has 7 nitrogen and oxygen atoms in total. The first kappa shape index (κ1) is 27.9. The zero-order chi connectivity index (χ0) is 28.1. The van der Waals surface area contributed by atoms with Crippen LogP contribution in [-0.2, 0) is 10.5 Å². The van der Waals surface area contributed by atoms with Gasteiger partial charge in [-0.25, -0.2) is 4.39 Å². The highest BCUT2D eigenvalue weighted by molar-refractivity contribution is 7.98. The van der Waals surface area contributed by atoms with E-state index in [0.29, 0.717) is 49.8 Å². The van der Waals surface area contributed by atoms with Crippen LogP contribution in [0.1, 0.15) is 34.5 Å². The molecule has 1 aliphatic rings. The summed E-state index contributed by atoms with van der Waals surface area (Å²) in [6.45, 7) is 6.93. The van der Waals surface area contributed by atoms with Crippen molar-refractivity contribution in [2.45, 2.75) is 30.8 Å². The summed E-state index contributed by atoms with van der Waals surface area (Å²) in [5, 5.41) is 9.84. The fraction of sp³-hybridized carbons (Fsp3) is 0.323. The molecule has 2 heterocycles. The first-order valence-electron chi connectivity index (χ1n) is 13.5. The third kappa shape index (κ3) is 6.05. The molecule has 208 valence electrons. The second-order valence-electron chi connectivity index (χ2n) is 10.0. The summed E-state index contributed by atoms with van der Waals surface area (Å²) < 4.78 is 21.8. The number of anilines is 1. The molecule has 3 aromatic carbocycles. The van der Waals surface area contributed by atoms with Crippen molar-refractivity contribution in [1.82, 2.24) is 19.7 Å². The number of aryl methyl sites for hydroxylation is 1. The van der Waals surface area contributed by atoms with E-state index in [2.05, 4.69) is 52.9 Å². The van der Waals surface area contributed by atoms with Gasteiger partial charge in [0.2, 0.25) is 0 Å². The number of nitrogens with zero attached hydrogens (tertiary/aromatic N) is 5. The second-order valence-corrected chi connectivity index (χ2v) is 11.0. The molecule has 9 heteroatoms. The number of benzene rings is 3. The van der Waals surface area contributed by atoms with Crippen molar-refractivity contribution >= 4 is 23.4 Å². The number of thioether (sulfide) groups is 1. The molecule has 0 radical (unpaired) electrons. The lowest BCUT2D eigenvalue weighted by Crippen LogP contribution is -2.49. The minimum Gasteiger partial charge on any atom is -0.383 e. The molecule has 1 atom stereocenters. The van der Waals surface area contributed by atoms with Gasteiger partial charge in [0, 0.05) is 50.2 Å². The van der Waals surface area contributed by atoms with E-state index in [1.165, 1.54) is 11.6 Å². The molecule has 4 aromatic rings. The lowest BCUT2D eigenvalue weighted by atomic mass is 10.1. The third-order valence-corrected chi connectivity index (χ3v) is 8.18. The van der Waals surface area contributed by atoms with Crippen LogP contribution >= 0.6 is 11.8 Å². The molecule has 1 amide bonds. The number of hydrogen-bond acceptors (Lipinski definition) is 6.